The Hall–Kier alpha value is -3.75. The summed E-state index contributed by atoms with van der Waals surface area (Å²) in [6.07, 6.45) is 2.93. The number of ether oxygens (including phenoxy) is 1. The number of carbonyl (C=O) groups is 2. The van der Waals surface area contributed by atoms with E-state index in [4.69, 9.17) is 4.74 Å². The molecule has 9 nitrogen and oxygen atoms in total. The summed E-state index contributed by atoms with van der Waals surface area (Å²) in [7, 11) is 0. The quantitative estimate of drug-likeness (QED) is 0.532. The summed E-state index contributed by atoms with van der Waals surface area (Å²) >= 11 is 0. The Morgan fingerprint density at radius 3 is 2.90 bits per heavy atom. The van der Waals surface area contributed by atoms with Crippen LogP contribution in [0, 0.1) is 0 Å². The number of rotatable bonds is 7. The van der Waals surface area contributed by atoms with Crippen LogP contribution < -0.4 is 20.7 Å². The molecule has 160 valence electrons. The first-order valence-electron chi connectivity index (χ1n) is 10.1. The molecule has 4 rings (SSSR count). The maximum atomic E-state index is 12.5. The third kappa shape index (κ3) is 4.25. The Morgan fingerprint density at radius 2 is 2.10 bits per heavy atom. The zero-order chi connectivity index (χ0) is 22.0. The average Bonchev–Trinajstić information content (AvgIpc) is 2.73. The van der Waals surface area contributed by atoms with Crippen LogP contribution in [-0.4, -0.2) is 38.9 Å². The number of anilines is 3. The third-order valence-electron chi connectivity index (χ3n) is 5.01. The molecule has 2 aromatic heterocycles. The number of nitrogens with zero attached hydrogens (tertiary/aromatic N) is 3. The van der Waals surface area contributed by atoms with Crippen LogP contribution in [0.3, 0.4) is 0 Å². The minimum absolute atomic E-state index is 0.0154. The molecule has 3 aromatic rings. The molecule has 0 spiro atoms. The number of Topliss-reactive ketones (excluding diaryl/α,β-unsaturated/α-hetero) is 1. The van der Waals surface area contributed by atoms with Crippen LogP contribution in [0.5, 0.6) is 5.88 Å². The fourth-order valence-electron chi connectivity index (χ4n) is 3.33. The lowest BCUT2D eigenvalue weighted by molar-refractivity contribution is -0.122. The fourth-order valence-corrected chi connectivity index (χ4v) is 3.33. The van der Waals surface area contributed by atoms with E-state index < -0.39 is 5.54 Å². The zero-order valence-electron chi connectivity index (χ0n) is 17.7. The van der Waals surface area contributed by atoms with Gasteiger partial charge >= 0.3 is 0 Å². The first-order chi connectivity index (χ1) is 14.9. The topological polar surface area (TPSA) is 118 Å². The second-order valence-corrected chi connectivity index (χ2v) is 7.83. The van der Waals surface area contributed by atoms with E-state index in [1.165, 1.54) is 0 Å². The van der Waals surface area contributed by atoms with E-state index in [2.05, 4.69) is 30.9 Å². The maximum absolute atomic E-state index is 12.5. The molecule has 3 heterocycles. The molecule has 0 unspecified atom stereocenters. The van der Waals surface area contributed by atoms with E-state index in [1.807, 2.05) is 37.3 Å². The molecule has 1 amide bonds. The number of ketones is 1. The summed E-state index contributed by atoms with van der Waals surface area (Å²) in [6, 6.07) is 9.46. The average molecular weight is 420 g/mol. The number of nitrogens with one attached hydrogen (secondary N) is 3. The van der Waals surface area contributed by atoms with E-state index >= 15 is 0 Å². The maximum Gasteiger partial charge on any atom is 0.263 e. The van der Waals surface area contributed by atoms with Gasteiger partial charge in [-0.2, -0.15) is 9.97 Å². The van der Waals surface area contributed by atoms with Gasteiger partial charge < -0.3 is 20.7 Å². The van der Waals surface area contributed by atoms with Crippen LogP contribution in [0.15, 0.2) is 36.5 Å². The largest absolute Gasteiger partial charge is 0.456 e. The zero-order valence-corrected chi connectivity index (χ0v) is 17.7. The van der Waals surface area contributed by atoms with E-state index in [-0.39, 0.29) is 41.6 Å². The van der Waals surface area contributed by atoms with Gasteiger partial charge in [0.05, 0.1) is 11.1 Å². The highest BCUT2D eigenvalue weighted by atomic mass is 16.5. The second-order valence-electron chi connectivity index (χ2n) is 7.83. The first-order valence-corrected chi connectivity index (χ1v) is 10.1. The van der Waals surface area contributed by atoms with Crippen molar-refractivity contribution >= 4 is 40.0 Å². The molecular formula is C22H24N6O3. The lowest BCUT2D eigenvalue weighted by Gasteiger charge is -2.26. The molecule has 1 aliphatic heterocycles. The standard InChI is InChI=1S/C22H24N6O3/c1-4-6-16(29)22(2,3)28-21-26-18(17-19(30)24-12-31-20(17)27-21)25-14-8-9-15-13(11-14)7-5-10-23-15/h5,7-11H,4,6,12H2,1-3H3,(H,24,30)(H2,25,26,27,28). The number of amides is 1. The molecule has 0 radical (unpaired) electrons. The molecule has 0 bridgehead atoms. The van der Waals surface area contributed by atoms with Crippen molar-refractivity contribution in [3.63, 3.8) is 0 Å². The van der Waals surface area contributed by atoms with Gasteiger partial charge in [0.15, 0.2) is 18.3 Å². The lowest BCUT2D eigenvalue weighted by atomic mass is 9.96. The Morgan fingerprint density at radius 1 is 1.26 bits per heavy atom. The molecule has 3 N–H and O–H groups in total. The highest BCUT2D eigenvalue weighted by molar-refractivity contribution is 6.02. The monoisotopic (exact) mass is 420 g/mol. The lowest BCUT2D eigenvalue weighted by Crippen LogP contribution is -2.41. The van der Waals surface area contributed by atoms with Crippen molar-refractivity contribution in [2.75, 3.05) is 17.4 Å². The van der Waals surface area contributed by atoms with Gasteiger partial charge in [-0.25, -0.2) is 0 Å². The van der Waals surface area contributed by atoms with Crippen molar-refractivity contribution in [1.29, 1.82) is 0 Å². The van der Waals surface area contributed by atoms with E-state index in [0.717, 1.165) is 23.0 Å². The normalized spacial score (nSPS) is 13.2. The van der Waals surface area contributed by atoms with E-state index in [9.17, 15) is 9.59 Å². The van der Waals surface area contributed by atoms with Gasteiger partial charge in [0.2, 0.25) is 11.8 Å². The number of hydrogen-bond donors (Lipinski definition) is 3. The van der Waals surface area contributed by atoms with Crippen molar-refractivity contribution in [2.24, 2.45) is 0 Å². The Labute approximate surface area is 179 Å². The van der Waals surface area contributed by atoms with Gasteiger partial charge in [-0.05, 0) is 44.5 Å². The number of aromatic nitrogens is 3. The summed E-state index contributed by atoms with van der Waals surface area (Å²) in [5.41, 5.74) is 0.928. The molecule has 1 aromatic carbocycles. The smallest absolute Gasteiger partial charge is 0.263 e. The van der Waals surface area contributed by atoms with Crippen LogP contribution in [0.25, 0.3) is 10.9 Å². The molecule has 31 heavy (non-hydrogen) atoms. The second kappa shape index (κ2) is 8.17. The summed E-state index contributed by atoms with van der Waals surface area (Å²) in [5.74, 6) is 0.357. The molecule has 1 aliphatic rings. The van der Waals surface area contributed by atoms with Crippen LogP contribution in [0.1, 0.15) is 44.0 Å². The van der Waals surface area contributed by atoms with Crippen molar-refractivity contribution in [2.45, 2.75) is 39.2 Å². The molecule has 0 atom stereocenters. The molecular weight excluding hydrogens is 396 g/mol. The van der Waals surface area contributed by atoms with Gasteiger partial charge in [0.1, 0.15) is 5.56 Å². The molecule has 0 saturated heterocycles. The Bertz CT molecular complexity index is 1160. The predicted octanol–water partition coefficient (Wildman–Crippen LogP) is 3.41. The summed E-state index contributed by atoms with van der Waals surface area (Å²) in [4.78, 5) is 38.1. The Balaban J connectivity index is 1.72. The van der Waals surface area contributed by atoms with Crippen molar-refractivity contribution in [3.8, 4) is 5.88 Å². The SMILES string of the molecule is CCCC(=O)C(C)(C)Nc1nc(Nc2ccc3ncccc3c2)c2c(n1)OCNC2=O. The predicted molar refractivity (Wildman–Crippen MR) is 118 cm³/mol. The van der Waals surface area contributed by atoms with Crippen LogP contribution in [0.4, 0.5) is 17.5 Å². The highest BCUT2D eigenvalue weighted by Crippen LogP contribution is 2.31. The first kappa shape index (κ1) is 20.5. The van der Waals surface area contributed by atoms with Crippen molar-refractivity contribution in [1.82, 2.24) is 20.3 Å². The van der Waals surface area contributed by atoms with Crippen LogP contribution in [0.2, 0.25) is 0 Å². The number of fused-ring (bicyclic) bond motifs is 2. The van der Waals surface area contributed by atoms with E-state index in [1.54, 1.807) is 20.0 Å². The van der Waals surface area contributed by atoms with Gasteiger partial charge in [0, 0.05) is 23.7 Å². The minimum atomic E-state index is -0.868. The molecule has 9 heteroatoms. The van der Waals surface area contributed by atoms with Gasteiger partial charge in [-0.3, -0.25) is 14.6 Å². The summed E-state index contributed by atoms with van der Waals surface area (Å²) in [6.45, 7) is 5.54. The van der Waals surface area contributed by atoms with Crippen molar-refractivity contribution < 1.29 is 14.3 Å². The molecule has 0 aliphatic carbocycles. The van der Waals surface area contributed by atoms with Gasteiger partial charge in [0.25, 0.3) is 5.91 Å². The van der Waals surface area contributed by atoms with E-state index in [0.29, 0.717) is 6.42 Å². The Kier molecular flexibility index (Phi) is 5.41. The molecule has 0 fully saturated rings. The summed E-state index contributed by atoms with van der Waals surface area (Å²) < 4.78 is 5.55. The minimum Gasteiger partial charge on any atom is -0.456 e. The third-order valence-corrected chi connectivity index (χ3v) is 5.01. The van der Waals surface area contributed by atoms with Crippen LogP contribution >= 0.6 is 0 Å². The van der Waals surface area contributed by atoms with Crippen LogP contribution in [-0.2, 0) is 4.79 Å². The molecule has 0 saturated carbocycles. The van der Waals surface area contributed by atoms with Gasteiger partial charge in [-0.1, -0.05) is 13.0 Å². The number of hydrogen-bond acceptors (Lipinski definition) is 8. The highest BCUT2D eigenvalue weighted by Gasteiger charge is 2.30. The summed E-state index contributed by atoms with van der Waals surface area (Å²) in [5, 5.41) is 9.86. The number of pyridine rings is 1. The number of carbonyl (C=O) groups excluding carboxylic acids is 2. The van der Waals surface area contributed by atoms with Crippen molar-refractivity contribution in [3.05, 3.63) is 42.1 Å². The van der Waals surface area contributed by atoms with Gasteiger partial charge in [-0.15, -0.1) is 0 Å². The number of benzene rings is 1. The fraction of sp³-hybridized carbons (Fsp3) is 0.318.